The highest BCUT2D eigenvalue weighted by Gasteiger charge is 2.06. The van der Waals surface area contributed by atoms with Gasteiger partial charge in [-0.1, -0.05) is 19.4 Å². The molecule has 0 bridgehead atoms. The van der Waals surface area contributed by atoms with Gasteiger partial charge in [0.15, 0.2) is 11.5 Å². The molecule has 120 valence electrons. The molecule has 0 atom stereocenters. The summed E-state index contributed by atoms with van der Waals surface area (Å²) in [5.74, 6) is 2.57. The van der Waals surface area contributed by atoms with Crippen LogP contribution >= 0.6 is 0 Å². The molecular formula is C18H25NO3. The third kappa shape index (κ3) is 5.11. The van der Waals surface area contributed by atoms with Crippen LogP contribution in [0.15, 0.2) is 41.0 Å². The van der Waals surface area contributed by atoms with Crippen molar-refractivity contribution in [3.63, 3.8) is 0 Å². The zero-order chi connectivity index (χ0) is 15.6. The molecule has 0 amide bonds. The fourth-order valence-corrected chi connectivity index (χ4v) is 2.12. The zero-order valence-corrected chi connectivity index (χ0v) is 13.4. The topological polar surface area (TPSA) is 43.6 Å². The molecule has 1 N–H and O–H groups in total. The van der Waals surface area contributed by atoms with Gasteiger partial charge in [0.25, 0.3) is 0 Å². The lowest BCUT2D eigenvalue weighted by atomic mass is 10.2. The Morgan fingerprint density at radius 1 is 1.05 bits per heavy atom. The first-order chi connectivity index (χ1) is 10.8. The highest BCUT2D eigenvalue weighted by Crippen LogP contribution is 2.28. The second-order valence-electron chi connectivity index (χ2n) is 5.10. The summed E-state index contributed by atoms with van der Waals surface area (Å²) in [5.41, 5.74) is 1.16. The molecule has 0 fully saturated rings. The molecule has 2 rings (SSSR count). The summed E-state index contributed by atoms with van der Waals surface area (Å²) in [4.78, 5) is 0. The number of nitrogens with one attached hydrogen (secondary N) is 1. The Bertz CT molecular complexity index is 537. The minimum Gasteiger partial charge on any atom is -0.490 e. The molecule has 1 aromatic heterocycles. The van der Waals surface area contributed by atoms with Gasteiger partial charge in [0.1, 0.15) is 5.76 Å². The summed E-state index contributed by atoms with van der Waals surface area (Å²) in [6, 6.07) is 9.96. The SMILES string of the molecule is CCCCOc1ccc(CNCc2ccco2)cc1OCC. The van der Waals surface area contributed by atoms with Crippen molar-refractivity contribution in [3.8, 4) is 11.5 Å². The van der Waals surface area contributed by atoms with Crippen molar-refractivity contribution < 1.29 is 13.9 Å². The summed E-state index contributed by atoms with van der Waals surface area (Å²) in [6.07, 6.45) is 3.86. The summed E-state index contributed by atoms with van der Waals surface area (Å²) < 4.78 is 16.8. The Kier molecular flexibility index (Phi) is 6.84. The zero-order valence-electron chi connectivity index (χ0n) is 13.4. The van der Waals surface area contributed by atoms with Crippen LogP contribution in [0.3, 0.4) is 0 Å². The highest BCUT2D eigenvalue weighted by molar-refractivity contribution is 5.43. The van der Waals surface area contributed by atoms with E-state index < -0.39 is 0 Å². The second kappa shape index (κ2) is 9.15. The molecular weight excluding hydrogens is 278 g/mol. The van der Waals surface area contributed by atoms with Gasteiger partial charge in [-0.3, -0.25) is 0 Å². The first-order valence-corrected chi connectivity index (χ1v) is 7.95. The van der Waals surface area contributed by atoms with Gasteiger partial charge in [0.2, 0.25) is 0 Å². The lowest BCUT2D eigenvalue weighted by Gasteiger charge is -2.13. The van der Waals surface area contributed by atoms with Gasteiger partial charge in [-0.25, -0.2) is 0 Å². The molecule has 0 saturated heterocycles. The van der Waals surface area contributed by atoms with E-state index in [9.17, 15) is 0 Å². The van der Waals surface area contributed by atoms with Gasteiger partial charge in [-0.15, -0.1) is 0 Å². The Labute approximate surface area is 132 Å². The number of benzene rings is 1. The number of hydrogen-bond acceptors (Lipinski definition) is 4. The monoisotopic (exact) mass is 303 g/mol. The van der Waals surface area contributed by atoms with Crippen LogP contribution in [0.5, 0.6) is 11.5 Å². The quantitative estimate of drug-likeness (QED) is 0.670. The summed E-state index contributed by atoms with van der Waals surface area (Å²) in [7, 11) is 0. The van der Waals surface area contributed by atoms with Gasteiger partial charge in [0.05, 0.1) is 26.0 Å². The number of ether oxygens (including phenoxy) is 2. The maximum absolute atomic E-state index is 5.79. The predicted molar refractivity (Wildman–Crippen MR) is 87.3 cm³/mol. The van der Waals surface area contributed by atoms with Gasteiger partial charge < -0.3 is 19.2 Å². The van der Waals surface area contributed by atoms with E-state index in [1.165, 1.54) is 0 Å². The normalized spacial score (nSPS) is 10.6. The summed E-state index contributed by atoms with van der Waals surface area (Å²) >= 11 is 0. The van der Waals surface area contributed by atoms with Crippen molar-refractivity contribution in [2.45, 2.75) is 39.8 Å². The second-order valence-corrected chi connectivity index (χ2v) is 5.10. The Balaban J connectivity index is 1.92. The first-order valence-electron chi connectivity index (χ1n) is 7.95. The van der Waals surface area contributed by atoms with Crippen molar-refractivity contribution >= 4 is 0 Å². The molecule has 0 spiro atoms. The smallest absolute Gasteiger partial charge is 0.161 e. The predicted octanol–water partition coefficient (Wildman–Crippen LogP) is 4.15. The molecule has 1 aromatic carbocycles. The molecule has 0 saturated carbocycles. The third-order valence-electron chi connectivity index (χ3n) is 3.27. The number of furan rings is 1. The number of rotatable bonds is 10. The Morgan fingerprint density at radius 3 is 2.68 bits per heavy atom. The van der Waals surface area contributed by atoms with E-state index >= 15 is 0 Å². The van der Waals surface area contributed by atoms with Gasteiger partial charge in [-0.05, 0) is 43.2 Å². The molecule has 22 heavy (non-hydrogen) atoms. The summed E-state index contributed by atoms with van der Waals surface area (Å²) in [5, 5.41) is 3.36. The Hall–Kier alpha value is -1.94. The van der Waals surface area contributed by atoms with Gasteiger partial charge in [0, 0.05) is 6.54 Å². The van der Waals surface area contributed by atoms with E-state index in [1.54, 1.807) is 6.26 Å². The first kappa shape index (κ1) is 16.4. The lowest BCUT2D eigenvalue weighted by Crippen LogP contribution is -2.12. The highest BCUT2D eigenvalue weighted by atomic mass is 16.5. The molecule has 0 aliphatic carbocycles. The van der Waals surface area contributed by atoms with Crippen LogP contribution in [0, 0.1) is 0 Å². The molecule has 0 aliphatic rings. The van der Waals surface area contributed by atoms with Gasteiger partial charge in [-0.2, -0.15) is 0 Å². The molecule has 0 radical (unpaired) electrons. The van der Waals surface area contributed by atoms with E-state index in [4.69, 9.17) is 13.9 Å². The third-order valence-corrected chi connectivity index (χ3v) is 3.27. The van der Waals surface area contributed by atoms with E-state index in [-0.39, 0.29) is 0 Å². The minimum atomic E-state index is 0.632. The van der Waals surface area contributed by atoms with E-state index in [1.807, 2.05) is 31.2 Å². The fraction of sp³-hybridized carbons (Fsp3) is 0.444. The van der Waals surface area contributed by atoms with Crippen LogP contribution in [0.2, 0.25) is 0 Å². The number of hydrogen-bond donors (Lipinski definition) is 1. The van der Waals surface area contributed by atoms with Crippen LogP contribution in [0.25, 0.3) is 0 Å². The number of unbranched alkanes of at least 4 members (excludes halogenated alkanes) is 1. The molecule has 2 aromatic rings. The molecule has 1 heterocycles. The van der Waals surface area contributed by atoms with Crippen molar-refractivity contribution in [1.29, 1.82) is 0 Å². The van der Waals surface area contributed by atoms with Crippen LogP contribution < -0.4 is 14.8 Å². The van der Waals surface area contributed by atoms with Crippen LogP contribution in [-0.4, -0.2) is 13.2 Å². The van der Waals surface area contributed by atoms with Gasteiger partial charge >= 0.3 is 0 Å². The fourth-order valence-electron chi connectivity index (χ4n) is 2.12. The lowest BCUT2D eigenvalue weighted by molar-refractivity contribution is 0.272. The molecule has 4 heteroatoms. The minimum absolute atomic E-state index is 0.632. The maximum atomic E-state index is 5.79. The molecule has 0 unspecified atom stereocenters. The molecule has 0 aliphatic heterocycles. The van der Waals surface area contributed by atoms with Crippen LogP contribution in [0.4, 0.5) is 0 Å². The van der Waals surface area contributed by atoms with Crippen LogP contribution in [0.1, 0.15) is 38.0 Å². The maximum Gasteiger partial charge on any atom is 0.161 e. The Morgan fingerprint density at radius 2 is 1.95 bits per heavy atom. The van der Waals surface area contributed by atoms with E-state index in [0.29, 0.717) is 13.2 Å². The van der Waals surface area contributed by atoms with Crippen molar-refractivity contribution in [2.24, 2.45) is 0 Å². The van der Waals surface area contributed by atoms with E-state index in [2.05, 4.69) is 18.3 Å². The molecule has 4 nitrogen and oxygen atoms in total. The van der Waals surface area contributed by atoms with Crippen molar-refractivity contribution in [2.75, 3.05) is 13.2 Å². The summed E-state index contributed by atoms with van der Waals surface area (Å²) in [6.45, 7) is 6.97. The average Bonchev–Trinajstić information content (AvgIpc) is 3.03. The average molecular weight is 303 g/mol. The van der Waals surface area contributed by atoms with Crippen LogP contribution in [-0.2, 0) is 13.1 Å². The van der Waals surface area contributed by atoms with Crippen molar-refractivity contribution in [1.82, 2.24) is 5.32 Å². The standard InChI is InChI=1S/C18H25NO3/c1-3-5-10-22-17-9-8-15(12-18(17)20-4-2)13-19-14-16-7-6-11-21-16/h6-9,11-12,19H,3-5,10,13-14H2,1-2H3. The van der Waals surface area contributed by atoms with E-state index in [0.717, 1.165) is 48.8 Å². The largest absolute Gasteiger partial charge is 0.490 e. The van der Waals surface area contributed by atoms with Crippen molar-refractivity contribution in [3.05, 3.63) is 47.9 Å².